The third-order valence-electron chi connectivity index (χ3n) is 2.82. The second-order valence-corrected chi connectivity index (χ2v) is 5.80. The fourth-order valence-corrected chi connectivity index (χ4v) is 1.91. The van der Waals surface area contributed by atoms with Crippen LogP contribution in [0, 0.1) is 6.92 Å². The third-order valence-corrected chi connectivity index (χ3v) is 2.82. The van der Waals surface area contributed by atoms with Crippen molar-refractivity contribution in [3.63, 3.8) is 0 Å². The van der Waals surface area contributed by atoms with Crippen LogP contribution in [0.5, 0.6) is 0 Å². The van der Waals surface area contributed by atoms with Crippen molar-refractivity contribution in [3.05, 3.63) is 41.6 Å². The highest BCUT2D eigenvalue weighted by atomic mass is 16.6. The number of alkyl carbamates (subject to hydrolysis) is 1. The van der Waals surface area contributed by atoms with E-state index >= 15 is 0 Å². The Hall–Kier alpha value is -2.10. The van der Waals surface area contributed by atoms with Gasteiger partial charge in [0.05, 0.1) is 17.8 Å². The van der Waals surface area contributed by atoms with Crippen molar-refractivity contribution in [2.45, 2.75) is 39.8 Å². The molecule has 0 spiro atoms. The molecular formula is C16H20N2O2. The minimum absolute atomic E-state index is 0.367. The zero-order valence-electron chi connectivity index (χ0n) is 12.4. The van der Waals surface area contributed by atoms with Gasteiger partial charge in [-0.3, -0.25) is 4.98 Å². The molecule has 0 aliphatic heterocycles. The molecule has 0 saturated heterocycles. The Balaban J connectivity index is 2.10. The van der Waals surface area contributed by atoms with E-state index in [9.17, 15) is 4.79 Å². The van der Waals surface area contributed by atoms with Gasteiger partial charge in [-0.25, -0.2) is 4.79 Å². The van der Waals surface area contributed by atoms with E-state index in [0.29, 0.717) is 6.54 Å². The van der Waals surface area contributed by atoms with Crippen LogP contribution < -0.4 is 5.32 Å². The molecule has 0 radical (unpaired) electrons. The van der Waals surface area contributed by atoms with Crippen molar-refractivity contribution in [2.24, 2.45) is 0 Å². The van der Waals surface area contributed by atoms with E-state index < -0.39 is 11.7 Å². The summed E-state index contributed by atoms with van der Waals surface area (Å²) in [5.41, 5.74) is 2.35. The van der Waals surface area contributed by atoms with E-state index in [1.165, 1.54) is 0 Å². The lowest BCUT2D eigenvalue weighted by Gasteiger charge is -2.19. The van der Waals surface area contributed by atoms with Gasteiger partial charge in [0, 0.05) is 5.39 Å². The topological polar surface area (TPSA) is 51.2 Å². The molecule has 0 unspecified atom stereocenters. The maximum Gasteiger partial charge on any atom is 0.407 e. The number of amides is 1. The van der Waals surface area contributed by atoms with Gasteiger partial charge in [0.1, 0.15) is 5.60 Å². The smallest absolute Gasteiger partial charge is 0.407 e. The van der Waals surface area contributed by atoms with E-state index in [2.05, 4.69) is 16.4 Å². The molecule has 0 fully saturated rings. The largest absolute Gasteiger partial charge is 0.444 e. The molecule has 4 nitrogen and oxygen atoms in total. The lowest BCUT2D eigenvalue weighted by atomic mass is 10.1. The molecule has 0 aliphatic carbocycles. The van der Waals surface area contributed by atoms with Crippen molar-refractivity contribution < 1.29 is 9.53 Å². The summed E-state index contributed by atoms with van der Waals surface area (Å²) < 4.78 is 5.21. The molecule has 0 saturated carbocycles. The Kier molecular flexibility index (Phi) is 3.93. The minimum atomic E-state index is -0.490. The van der Waals surface area contributed by atoms with Gasteiger partial charge in [0.15, 0.2) is 0 Å². The van der Waals surface area contributed by atoms with Crippen LogP contribution in [0.25, 0.3) is 10.9 Å². The average Bonchev–Trinajstić information content (AvgIpc) is 2.34. The summed E-state index contributed by atoms with van der Waals surface area (Å²) in [6, 6.07) is 10.0. The molecule has 1 aromatic carbocycles. The van der Waals surface area contributed by atoms with Crippen molar-refractivity contribution in [1.82, 2.24) is 10.3 Å². The van der Waals surface area contributed by atoms with Crippen LogP contribution in [-0.2, 0) is 11.3 Å². The van der Waals surface area contributed by atoms with E-state index in [0.717, 1.165) is 22.2 Å². The van der Waals surface area contributed by atoms with Gasteiger partial charge in [-0.15, -0.1) is 0 Å². The van der Waals surface area contributed by atoms with E-state index in [1.807, 2.05) is 52.0 Å². The van der Waals surface area contributed by atoms with E-state index in [1.54, 1.807) is 0 Å². The van der Waals surface area contributed by atoms with Crippen molar-refractivity contribution >= 4 is 17.0 Å². The van der Waals surface area contributed by atoms with Gasteiger partial charge in [0.25, 0.3) is 0 Å². The van der Waals surface area contributed by atoms with Gasteiger partial charge in [-0.05, 0) is 45.4 Å². The lowest BCUT2D eigenvalue weighted by molar-refractivity contribution is 0.0523. The predicted molar refractivity (Wildman–Crippen MR) is 79.6 cm³/mol. The molecule has 2 rings (SSSR count). The standard InChI is InChI=1S/C16H20N2O2/c1-11-9-12-7-5-6-8-13(12)18-14(11)10-17-15(19)20-16(2,3)4/h5-9H,10H2,1-4H3,(H,17,19). The van der Waals surface area contributed by atoms with E-state index in [4.69, 9.17) is 4.74 Å². The van der Waals surface area contributed by atoms with Gasteiger partial charge >= 0.3 is 6.09 Å². The van der Waals surface area contributed by atoms with Crippen LogP contribution in [0.1, 0.15) is 32.0 Å². The normalized spacial score (nSPS) is 11.4. The molecule has 0 aliphatic rings. The highest BCUT2D eigenvalue weighted by Crippen LogP contribution is 2.16. The number of hydrogen-bond donors (Lipinski definition) is 1. The number of pyridine rings is 1. The molecule has 4 heteroatoms. The molecule has 0 atom stereocenters. The Morgan fingerprint density at radius 2 is 2.00 bits per heavy atom. The quantitative estimate of drug-likeness (QED) is 0.909. The molecule has 1 amide bonds. The summed E-state index contributed by atoms with van der Waals surface area (Å²) in [6.45, 7) is 7.88. The number of rotatable bonds is 2. The Bertz CT molecular complexity index is 630. The van der Waals surface area contributed by atoms with Crippen LogP contribution >= 0.6 is 0 Å². The molecule has 0 bridgehead atoms. The van der Waals surface area contributed by atoms with E-state index in [-0.39, 0.29) is 0 Å². The molecule has 20 heavy (non-hydrogen) atoms. The van der Waals surface area contributed by atoms with Crippen LogP contribution in [0.15, 0.2) is 30.3 Å². The maximum atomic E-state index is 11.6. The number of nitrogens with one attached hydrogen (secondary N) is 1. The van der Waals surface area contributed by atoms with Gasteiger partial charge in [-0.2, -0.15) is 0 Å². The molecular weight excluding hydrogens is 252 g/mol. The zero-order valence-corrected chi connectivity index (χ0v) is 12.4. The molecule has 1 heterocycles. The zero-order chi connectivity index (χ0) is 14.8. The predicted octanol–water partition coefficient (Wildman–Crippen LogP) is 3.57. The molecule has 106 valence electrons. The Morgan fingerprint density at radius 3 is 2.70 bits per heavy atom. The summed E-state index contributed by atoms with van der Waals surface area (Å²) in [6.07, 6.45) is -0.424. The first kappa shape index (κ1) is 14.3. The van der Waals surface area contributed by atoms with Crippen molar-refractivity contribution in [1.29, 1.82) is 0 Å². The fraction of sp³-hybridized carbons (Fsp3) is 0.375. The number of hydrogen-bond acceptors (Lipinski definition) is 3. The van der Waals surface area contributed by atoms with Crippen LogP contribution in [0.3, 0.4) is 0 Å². The molecule has 2 aromatic rings. The highest BCUT2D eigenvalue weighted by molar-refractivity contribution is 5.79. The number of aromatic nitrogens is 1. The number of nitrogens with zero attached hydrogens (tertiary/aromatic N) is 1. The van der Waals surface area contributed by atoms with Gasteiger partial charge in [0.2, 0.25) is 0 Å². The first-order chi connectivity index (χ1) is 9.35. The summed E-state index contributed by atoms with van der Waals surface area (Å²) >= 11 is 0. The first-order valence-corrected chi connectivity index (χ1v) is 6.67. The molecule has 1 aromatic heterocycles. The van der Waals surface area contributed by atoms with Crippen molar-refractivity contribution in [2.75, 3.05) is 0 Å². The van der Waals surface area contributed by atoms with Gasteiger partial charge < -0.3 is 10.1 Å². The number of fused-ring (bicyclic) bond motifs is 1. The average molecular weight is 272 g/mol. The number of aryl methyl sites for hydroxylation is 1. The highest BCUT2D eigenvalue weighted by Gasteiger charge is 2.16. The summed E-state index contributed by atoms with van der Waals surface area (Å²) in [4.78, 5) is 16.2. The molecule has 1 N–H and O–H groups in total. The second kappa shape index (κ2) is 5.49. The fourth-order valence-electron chi connectivity index (χ4n) is 1.91. The minimum Gasteiger partial charge on any atom is -0.444 e. The number of para-hydroxylation sites is 1. The third kappa shape index (κ3) is 3.70. The number of carbonyl (C=O) groups is 1. The summed E-state index contributed by atoms with van der Waals surface area (Å²) in [5, 5.41) is 3.84. The number of carbonyl (C=O) groups excluding carboxylic acids is 1. The Labute approximate surface area is 119 Å². The van der Waals surface area contributed by atoms with Crippen molar-refractivity contribution in [3.8, 4) is 0 Å². The van der Waals surface area contributed by atoms with Gasteiger partial charge in [-0.1, -0.05) is 18.2 Å². The SMILES string of the molecule is Cc1cc2ccccc2nc1CNC(=O)OC(C)(C)C. The number of ether oxygens (including phenoxy) is 1. The Morgan fingerprint density at radius 1 is 1.30 bits per heavy atom. The monoisotopic (exact) mass is 272 g/mol. The number of benzene rings is 1. The van der Waals surface area contributed by atoms with Crippen LogP contribution in [0.4, 0.5) is 4.79 Å². The lowest BCUT2D eigenvalue weighted by Crippen LogP contribution is -2.32. The van der Waals surface area contributed by atoms with Crippen LogP contribution in [-0.4, -0.2) is 16.7 Å². The maximum absolute atomic E-state index is 11.6. The second-order valence-electron chi connectivity index (χ2n) is 5.80. The van der Waals surface area contributed by atoms with Crippen LogP contribution in [0.2, 0.25) is 0 Å². The first-order valence-electron chi connectivity index (χ1n) is 6.67. The summed E-state index contributed by atoms with van der Waals surface area (Å²) in [5.74, 6) is 0. The summed E-state index contributed by atoms with van der Waals surface area (Å²) in [7, 11) is 0.